The van der Waals surface area contributed by atoms with Crippen LogP contribution in [0, 0.1) is 5.92 Å². The maximum atomic E-state index is 12.7. The van der Waals surface area contributed by atoms with Crippen LogP contribution in [0.2, 0.25) is 0 Å². The van der Waals surface area contributed by atoms with Crippen LogP contribution in [-0.2, 0) is 32.2 Å². The van der Waals surface area contributed by atoms with Crippen molar-refractivity contribution >= 4 is 5.97 Å². The van der Waals surface area contributed by atoms with E-state index in [1.165, 1.54) is 18.4 Å². The Hall–Kier alpha value is -2.89. The van der Waals surface area contributed by atoms with Crippen LogP contribution in [0.4, 0.5) is 0 Å². The van der Waals surface area contributed by atoms with Gasteiger partial charge in [-0.25, -0.2) is 4.79 Å². The zero-order chi connectivity index (χ0) is 21.8. The Balaban J connectivity index is 2.06. The minimum atomic E-state index is -1.96. The first kappa shape index (κ1) is 23.4. The van der Waals surface area contributed by atoms with Crippen molar-refractivity contribution in [3.8, 4) is 0 Å². The number of carbonyl (C=O) groups is 1. The Morgan fingerprint density at radius 2 is 1.60 bits per heavy atom. The van der Waals surface area contributed by atoms with E-state index in [1.807, 2.05) is 60.7 Å². The van der Waals surface area contributed by atoms with Gasteiger partial charge in [0.1, 0.15) is 6.61 Å². The number of aliphatic hydroxyl groups is 1. The smallest absolute Gasteiger partial charge is 0.343 e. The van der Waals surface area contributed by atoms with Crippen LogP contribution >= 0.6 is 0 Å². The van der Waals surface area contributed by atoms with Crippen LogP contribution < -0.4 is 0 Å². The first-order chi connectivity index (χ1) is 14.5. The Morgan fingerprint density at radius 1 is 1.03 bits per heavy atom. The van der Waals surface area contributed by atoms with Crippen LogP contribution in [0.25, 0.3) is 0 Å². The van der Waals surface area contributed by atoms with Crippen LogP contribution in [0.1, 0.15) is 25.0 Å². The number of hydrogen-bond acceptors (Lipinski definition) is 5. The Kier molecular flexibility index (Phi) is 9.32. The molecule has 0 amide bonds. The highest BCUT2D eigenvalue weighted by Crippen LogP contribution is 2.25. The molecule has 5 heteroatoms. The minimum Gasteiger partial charge on any atom is -0.497 e. The molecule has 2 aromatic rings. The van der Waals surface area contributed by atoms with Crippen molar-refractivity contribution in [2.24, 2.45) is 5.92 Å². The van der Waals surface area contributed by atoms with E-state index in [2.05, 4.69) is 6.58 Å². The second-order valence-corrected chi connectivity index (χ2v) is 7.22. The summed E-state index contributed by atoms with van der Waals surface area (Å²) in [5.41, 5.74) is 0.0107. The van der Waals surface area contributed by atoms with Gasteiger partial charge in [-0.2, -0.15) is 0 Å². The molecule has 0 spiro atoms. The molecule has 1 N–H and O–H groups in total. The molecular weight excluding hydrogens is 380 g/mol. The third-order valence-corrected chi connectivity index (χ3v) is 4.44. The monoisotopic (exact) mass is 410 g/mol. The number of carbonyl (C=O) groups excluding carboxylic acids is 1. The Labute approximate surface area is 178 Å². The number of esters is 1. The van der Waals surface area contributed by atoms with Gasteiger partial charge in [0.25, 0.3) is 0 Å². The van der Waals surface area contributed by atoms with Crippen molar-refractivity contribution in [3.63, 3.8) is 0 Å². The van der Waals surface area contributed by atoms with E-state index in [1.54, 1.807) is 13.8 Å². The highest BCUT2D eigenvalue weighted by molar-refractivity contribution is 5.82. The molecule has 0 aromatic heterocycles. The van der Waals surface area contributed by atoms with Gasteiger partial charge in [0.05, 0.1) is 25.6 Å². The SMILES string of the molecule is C=C[C@H](COCc1ccccc1)[C@](O)(/C=C/OCc1ccccc1)C(=O)OC(C)C. The number of rotatable bonds is 12. The fraction of sp³-hybridized carbons (Fsp3) is 0.320. The molecule has 2 atom stereocenters. The van der Waals surface area contributed by atoms with Crippen molar-refractivity contribution in [1.82, 2.24) is 0 Å². The lowest BCUT2D eigenvalue weighted by atomic mass is 9.87. The summed E-state index contributed by atoms with van der Waals surface area (Å²) in [6.07, 6.45) is 3.74. The number of ether oxygens (including phenoxy) is 3. The predicted molar refractivity (Wildman–Crippen MR) is 116 cm³/mol. The summed E-state index contributed by atoms with van der Waals surface area (Å²) >= 11 is 0. The Bertz CT molecular complexity index is 801. The largest absolute Gasteiger partial charge is 0.497 e. The van der Waals surface area contributed by atoms with Crippen LogP contribution in [0.15, 0.2) is 85.7 Å². The van der Waals surface area contributed by atoms with E-state index in [0.29, 0.717) is 13.2 Å². The van der Waals surface area contributed by atoms with E-state index in [-0.39, 0.29) is 12.7 Å². The highest BCUT2D eigenvalue weighted by Gasteiger charge is 2.42. The van der Waals surface area contributed by atoms with Gasteiger partial charge in [-0.15, -0.1) is 6.58 Å². The average Bonchev–Trinajstić information content (AvgIpc) is 2.75. The van der Waals surface area contributed by atoms with Gasteiger partial charge in [0, 0.05) is 5.92 Å². The average molecular weight is 411 g/mol. The molecule has 160 valence electrons. The third-order valence-electron chi connectivity index (χ3n) is 4.44. The molecule has 0 saturated carbocycles. The molecule has 0 saturated heterocycles. The maximum Gasteiger partial charge on any atom is 0.343 e. The van der Waals surface area contributed by atoms with E-state index in [0.717, 1.165) is 11.1 Å². The summed E-state index contributed by atoms with van der Waals surface area (Å²) in [5, 5.41) is 11.2. The summed E-state index contributed by atoms with van der Waals surface area (Å²) in [5.74, 6) is -1.49. The van der Waals surface area contributed by atoms with Gasteiger partial charge in [0.2, 0.25) is 0 Å². The molecule has 0 fully saturated rings. The highest BCUT2D eigenvalue weighted by atomic mass is 16.6. The van der Waals surface area contributed by atoms with E-state index in [9.17, 15) is 9.90 Å². The van der Waals surface area contributed by atoms with Gasteiger partial charge in [-0.3, -0.25) is 0 Å². The van der Waals surface area contributed by atoms with Gasteiger partial charge < -0.3 is 19.3 Å². The molecule has 0 radical (unpaired) electrons. The van der Waals surface area contributed by atoms with Crippen LogP contribution in [0.5, 0.6) is 0 Å². The molecule has 0 unspecified atom stereocenters. The van der Waals surface area contributed by atoms with Crippen molar-refractivity contribution in [3.05, 3.63) is 96.8 Å². The van der Waals surface area contributed by atoms with Crippen molar-refractivity contribution < 1.29 is 24.1 Å². The zero-order valence-corrected chi connectivity index (χ0v) is 17.6. The molecule has 0 aliphatic heterocycles. The van der Waals surface area contributed by atoms with E-state index in [4.69, 9.17) is 14.2 Å². The van der Waals surface area contributed by atoms with E-state index >= 15 is 0 Å². The quantitative estimate of drug-likeness (QED) is 0.319. The first-order valence-corrected chi connectivity index (χ1v) is 9.96. The molecule has 0 bridgehead atoms. The number of hydrogen-bond donors (Lipinski definition) is 1. The lowest BCUT2D eigenvalue weighted by molar-refractivity contribution is -0.169. The van der Waals surface area contributed by atoms with Crippen molar-refractivity contribution in [2.75, 3.05) is 6.61 Å². The van der Waals surface area contributed by atoms with Gasteiger partial charge in [-0.05, 0) is 31.1 Å². The lowest BCUT2D eigenvalue weighted by Crippen LogP contribution is -2.47. The molecule has 30 heavy (non-hydrogen) atoms. The van der Waals surface area contributed by atoms with Gasteiger partial charge in [0.15, 0.2) is 5.60 Å². The zero-order valence-electron chi connectivity index (χ0n) is 17.6. The number of benzene rings is 2. The first-order valence-electron chi connectivity index (χ1n) is 9.96. The normalized spacial score (nSPS) is 14.3. The second-order valence-electron chi connectivity index (χ2n) is 7.22. The molecule has 5 nitrogen and oxygen atoms in total. The predicted octanol–water partition coefficient (Wildman–Crippen LogP) is 4.42. The minimum absolute atomic E-state index is 0.0884. The molecular formula is C25H30O5. The molecule has 2 aromatic carbocycles. The maximum absolute atomic E-state index is 12.7. The molecule has 0 aliphatic rings. The summed E-state index contributed by atoms with van der Waals surface area (Å²) in [7, 11) is 0. The summed E-state index contributed by atoms with van der Waals surface area (Å²) in [6.45, 7) is 7.98. The summed E-state index contributed by atoms with van der Waals surface area (Å²) < 4.78 is 16.5. The molecule has 2 rings (SSSR count). The molecule has 0 heterocycles. The van der Waals surface area contributed by atoms with Crippen molar-refractivity contribution in [1.29, 1.82) is 0 Å². The topological polar surface area (TPSA) is 65.0 Å². The second kappa shape index (κ2) is 12.0. The summed E-state index contributed by atoms with van der Waals surface area (Å²) in [4.78, 5) is 12.7. The standard InChI is InChI=1S/C25H30O5/c1-4-23(19-29-18-22-13-9-6-10-14-22)25(27,24(26)30-20(2)3)15-16-28-17-21-11-7-5-8-12-21/h4-16,20,23,27H,1,17-19H2,2-3H3/b16-15+/t23-,25-/m1/s1. The third kappa shape index (κ3) is 7.17. The van der Waals surface area contributed by atoms with Crippen LogP contribution in [0.3, 0.4) is 0 Å². The van der Waals surface area contributed by atoms with Gasteiger partial charge >= 0.3 is 5.97 Å². The fourth-order valence-corrected chi connectivity index (χ4v) is 2.77. The van der Waals surface area contributed by atoms with Crippen LogP contribution in [-0.4, -0.2) is 29.4 Å². The Morgan fingerprint density at radius 3 is 2.13 bits per heavy atom. The molecule has 0 aliphatic carbocycles. The lowest BCUT2D eigenvalue weighted by Gasteiger charge is -2.30. The van der Waals surface area contributed by atoms with Gasteiger partial charge in [-0.1, -0.05) is 66.7 Å². The fourth-order valence-electron chi connectivity index (χ4n) is 2.77. The van der Waals surface area contributed by atoms with Crippen molar-refractivity contribution in [2.45, 2.75) is 38.8 Å². The summed E-state index contributed by atoms with van der Waals surface area (Å²) in [6, 6.07) is 19.3. The van der Waals surface area contributed by atoms with E-state index < -0.39 is 17.5 Å².